The van der Waals surface area contributed by atoms with Crippen LogP contribution in [0, 0.1) is 13.8 Å². The first-order valence-electron chi connectivity index (χ1n) is 8.24. The van der Waals surface area contributed by atoms with Gasteiger partial charge in [-0.25, -0.2) is 9.97 Å². The third kappa shape index (κ3) is 4.09. The largest absolute Gasteiger partial charge is 0.384 e. The quantitative estimate of drug-likeness (QED) is 0.675. The zero-order valence-electron chi connectivity index (χ0n) is 14.4. The SMILES string of the molecule is Cc1cc(N)nc(C)c1CCC(=O)c1n[nH]c(Cc2ccccc2)n1. The van der Waals surface area contributed by atoms with Crippen LogP contribution in [0.15, 0.2) is 36.4 Å². The third-order valence-electron chi connectivity index (χ3n) is 4.17. The van der Waals surface area contributed by atoms with Crippen molar-refractivity contribution in [3.63, 3.8) is 0 Å². The molecule has 0 aliphatic heterocycles. The van der Waals surface area contributed by atoms with Crippen molar-refractivity contribution in [1.82, 2.24) is 20.2 Å². The second-order valence-electron chi connectivity index (χ2n) is 6.12. The lowest BCUT2D eigenvalue weighted by Crippen LogP contribution is -2.07. The van der Waals surface area contributed by atoms with Gasteiger partial charge in [-0.15, -0.1) is 0 Å². The fraction of sp³-hybridized carbons (Fsp3) is 0.263. The summed E-state index contributed by atoms with van der Waals surface area (Å²) in [6, 6.07) is 11.8. The molecule has 2 aromatic heterocycles. The van der Waals surface area contributed by atoms with Crippen molar-refractivity contribution in [3.8, 4) is 0 Å². The number of rotatable bonds is 6. The van der Waals surface area contributed by atoms with E-state index in [4.69, 9.17) is 5.73 Å². The molecule has 6 heteroatoms. The van der Waals surface area contributed by atoms with Crippen LogP contribution in [-0.2, 0) is 12.8 Å². The lowest BCUT2D eigenvalue weighted by Gasteiger charge is -2.09. The van der Waals surface area contributed by atoms with Gasteiger partial charge in [0.2, 0.25) is 11.6 Å². The van der Waals surface area contributed by atoms with E-state index in [1.807, 2.05) is 50.2 Å². The van der Waals surface area contributed by atoms with Crippen LogP contribution < -0.4 is 5.73 Å². The number of H-pyrrole nitrogens is 1. The number of nitrogen functional groups attached to an aromatic ring is 1. The summed E-state index contributed by atoms with van der Waals surface area (Å²) in [6.45, 7) is 3.89. The molecule has 0 bridgehead atoms. The maximum Gasteiger partial charge on any atom is 0.217 e. The van der Waals surface area contributed by atoms with Crippen LogP contribution in [-0.4, -0.2) is 25.9 Å². The van der Waals surface area contributed by atoms with Gasteiger partial charge >= 0.3 is 0 Å². The second-order valence-corrected chi connectivity index (χ2v) is 6.12. The summed E-state index contributed by atoms with van der Waals surface area (Å²) in [7, 11) is 0. The van der Waals surface area contributed by atoms with E-state index in [9.17, 15) is 4.79 Å². The maximum atomic E-state index is 12.4. The molecule has 0 atom stereocenters. The zero-order chi connectivity index (χ0) is 17.8. The number of ketones is 1. The number of nitrogens with one attached hydrogen (secondary N) is 1. The minimum absolute atomic E-state index is 0.0776. The molecule has 3 rings (SSSR count). The van der Waals surface area contributed by atoms with E-state index in [2.05, 4.69) is 20.2 Å². The maximum absolute atomic E-state index is 12.4. The van der Waals surface area contributed by atoms with Crippen molar-refractivity contribution in [2.75, 3.05) is 5.73 Å². The van der Waals surface area contributed by atoms with Gasteiger partial charge in [-0.3, -0.25) is 9.89 Å². The Balaban J connectivity index is 1.64. The first-order chi connectivity index (χ1) is 12.0. The van der Waals surface area contributed by atoms with Crippen molar-refractivity contribution in [1.29, 1.82) is 0 Å². The second kappa shape index (κ2) is 7.25. The fourth-order valence-corrected chi connectivity index (χ4v) is 2.90. The molecular formula is C19H21N5O. The van der Waals surface area contributed by atoms with Gasteiger partial charge < -0.3 is 5.73 Å². The highest BCUT2D eigenvalue weighted by molar-refractivity contribution is 5.92. The minimum Gasteiger partial charge on any atom is -0.384 e. The van der Waals surface area contributed by atoms with Crippen LogP contribution >= 0.6 is 0 Å². The molecule has 0 spiro atoms. The van der Waals surface area contributed by atoms with Crippen LogP contribution in [0.5, 0.6) is 0 Å². The summed E-state index contributed by atoms with van der Waals surface area (Å²) in [5.41, 5.74) is 9.84. The monoisotopic (exact) mass is 335 g/mol. The van der Waals surface area contributed by atoms with Crippen LogP contribution in [0.2, 0.25) is 0 Å². The Morgan fingerprint density at radius 3 is 2.64 bits per heavy atom. The molecule has 0 saturated carbocycles. The molecule has 0 aliphatic carbocycles. The number of aromatic nitrogens is 4. The van der Waals surface area contributed by atoms with Gasteiger partial charge in [0.25, 0.3) is 0 Å². The average molecular weight is 335 g/mol. The highest BCUT2D eigenvalue weighted by Crippen LogP contribution is 2.17. The summed E-state index contributed by atoms with van der Waals surface area (Å²) >= 11 is 0. The molecule has 0 saturated heterocycles. The normalized spacial score (nSPS) is 10.8. The van der Waals surface area contributed by atoms with Crippen molar-refractivity contribution >= 4 is 11.6 Å². The number of benzene rings is 1. The number of carbonyl (C=O) groups is 1. The van der Waals surface area contributed by atoms with E-state index >= 15 is 0 Å². The molecular weight excluding hydrogens is 314 g/mol. The van der Waals surface area contributed by atoms with Crippen molar-refractivity contribution in [2.24, 2.45) is 0 Å². The summed E-state index contributed by atoms with van der Waals surface area (Å²) in [5, 5.41) is 6.91. The number of hydrogen-bond donors (Lipinski definition) is 2. The molecule has 3 aromatic rings. The molecule has 6 nitrogen and oxygen atoms in total. The van der Waals surface area contributed by atoms with Gasteiger partial charge in [0, 0.05) is 18.5 Å². The molecule has 0 unspecified atom stereocenters. The van der Waals surface area contributed by atoms with Crippen molar-refractivity contribution in [3.05, 3.63) is 70.4 Å². The molecule has 0 amide bonds. The topological polar surface area (TPSA) is 97.5 Å². The summed E-state index contributed by atoms with van der Waals surface area (Å²) in [4.78, 5) is 21.0. The first-order valence-corrected chi connectivity index (χ1v) is 8.24. The number of aryl methyl sites for hydroxylation is 2. The predicted octanol–water partition coefficient (Wildman–Crippen LogP) is 2.81. The average Bonchev–Trinajstić information content (AvgIpc) is 3.03. The number of nitrogens with zero attached hydrogens (tertiary/aromatic N) is 3. The Hall–Kier alpha value is -3.02. The molecule has 3 N–H and O–H groups in total. The highest BCUT2D eigenvalue weighted by atomic mass is 16.1. The van der Waals surface area contributed by atoms with Crippen LogP contribution in [0.4, 0.5) is 5.82 Å². The zero-order valence-corrected chi connectivity index (χ0v) is 14.4. The van der Waals surface area contributed by atoms with Gasteiger partial charge in [-0.05, 0) is 43.0 Å². The molecule has 0 fully saturated rings. The summed E-state index contributed by atoms with van der Waals surface area (Å²) < 4.78 is 0. The van der Waals surface area contributed by atoms with Crippen LogP contribution in [0.25, 0.3) is 0 Å². The van der Waals surface area contributed by atoms with E-state index < -0.39 is 0 Å². The Labute approximate surface area is 146 Å². The van der Waals surface area contributed by atoms with E-state index in [0.717, 1.165) is 22.4 Å². The van der Waals surface area contributed by atoms with Crippen molar-refractivity contribution in [2.45, 2.75) is 33.1 Å². The third-order valence-corrected chi connectivity index (χ3v) is 4.17. The van der Waals surface area contributed by atoms with Crippen LogP contribution in [0.1, 0.15) is 45.2 Å². The number of carbonyl (C=O) groups excluding carboxylic acids is 1. The Kier molecular flexibility index (Phi) is 4.88. The van der Waals surface area contributed by atoms with Gasteiger partial charge in [-0.2, -0.15) is 5.10 Å². The molecule has 0 radical (unpaired) electrons. The van der Waals surface area contributed by atoms with Gasteiger partial charge in [-0.1, -0.05) is 30.3 Å². The fourth-order valence-electron chi connectivity index (χ4n) is 2.90. The standard InChI is InChI=1S/C19H21N5O/c1-12-10-17(20)21-13(2)15(12)8-9-16(25)19-22-18(23-24-19)11-14-6-4-3-5-7-14/h3-7,10H,8-9,11H2,1-2H3,(H2,20,21)(H,22,23,24). The predicted molar refractivity (Wildman–Crippen MR) is 96.4 cm³/mol. The highest BCUT2D eigenvalue weighted by Gasteiger charge is 2.15. The minimum atomic E-state index is -0.0776. The number of pyridine rings is 1. The summed E-state index contributed by atoms with van der Waals surface area (Å²) in [5.74, 6) is 1.36. The van der Waals surface area contributed by atoms with Gasteiger partial charge in [0.1, 0.15) is 11.6 Å². The number of hydrogen-bond acceptors (Lipinski definition) is 5. The Morgan fingerprint density at radius 1 is 1.16 bits per heavy atom. The summed E-state index contributed by atoms with van der Waals surface area (Å²) in [6.07, 6.45) is 1.57. The lowest BCUT2D eigenvalue weighted by molar-refractivity contribution is 0.0973. The Bertz CT molecular complexity index is 863. The molecule has 0 aliphatic rings. The number of aromatic amines is 1. The van der Waals surface area contributed by atoms with Crippen molar-refractivity contribution < 1.29 is 4.79 Å². The van der Waals surface area contributed by atoms with E-state index in [1.54, 1.807) is 0 Å². The number of anilines is 1. The van der Waals surface area contributed by atoms with E-state index in [0.29, 0.717) is 30.9 Å². The van der Waals surface area contributed by atoms with Crippen LogP contribution in [0.3, 0.4) is 0 Å². The number of Topliss-reactive ketones (excluding diaryl/α,β-unsaturated/α-hetero) is 1. The lowest BCUT2D eigenvalue weighted by atomic mass is 10.0. The first kappa shape index (κ1) is 16.8. The molecule has 2 heterocycles. The van der Waals surface area contributed by atoms with Gasteiger partial charge in [0.15, 0.2) is 0 Å². The van der Waals surface area contributed by atoms with E-state index in [1.165, 1.54) is 0 Å². The number of nitrogens with two attached hydrogens (primary N) is 1. The molecule has 25 heavy (non-hydrogen) atoms. The smallest absolute Gasteiger partial charge is 0.217 e. The van der Waals surface area contributed by atoms with E-state index in [-0.39, 0.29) is 11.6 Å². The molecule has 1 aromatic carbocycles. The molecule has 128 valence electrons. The Morgan fingerprint density at radius 2 is 1.92 bits per heavy atom. The van der Waals surface area contributed by atoms with Gasteiger partial charge in [0.05, 0.1) is 0 Å².